The SMILES string of the molecule is Clc1cncc(NN=CC2CCCCC2)n1. The molecule has 1 N–H and O–H groups in total. The number of hydrazone groups is 1. The van der Waals surface area contributed by atoms with Crippen LogP contribution in [-0.4, -0.2) is 16.2 Å². The minimum atomic E-state index is 0.373. The van der Waals surface area contributed by atoms with Crippen molar-refractivity contribution < 1.29 is 0 Å². The minimum absolute atomic E-state index is 0.373. The second-order valence-electron chi connectivity index (χ2n) is 4.02. The molecule has 1 aliphatic carbocycles. The van der Waals surface area contributed by atoms with Gasteiger partial charge in [0.05, 0.1) is 12.4 Å². The number of nitrogens with one attached hydrogen (secondary N) is 1. The van der Waals surface area contributed by atoms with Gasteiger partial charge in [0.1, 0.15) is 5.15 Å². The molecular weight excluding hydrogens is 224 g/mol. The minimum Gasteiger partial charge on any atom is -0.260 e. The third kappa shape index (κ3) is 3.45. The highest BCUT2D eigenvalue weighted by atomic mass is 35.5. The molecular formula is C11H15ClN4. The number of hydrogen-bond acceptors (Lipinski definition) is 4. The lowest BCUT2D eigenvalue weighted by Crippen LogP contribution is -2.08. The highest BCUT2D eigenvalue weighted by Gasteiger charge is 2.10. The summed E-state index contributed by atoms with van der Waals surface area (Å²) in [6.45, 7) is 0. The van der Waals surface area contributed by atoms with Crippen molar-refractivity contribution in [2.24, 2.45) is 11.0 Å². The standard InChI is InChI=1S/C11H15ClN4/c12-10-7-13-8-11(15-10)16-14-6-9-4-2-1-3-5-9/h6-9H,1-5H2,(H,15,16). The van der Waals surface area contributed by atoms with Crippen LogP contribution in [0.5, 0.6) is 0 Å². The topological polar surface area (TPSA) is 50.2 Å². The molecule has 0 amide bonds. The fourth-order valence-electron chi connectivity index (χ4n) is 1.89. The molecule has 1 aromatic rings. The molecule has 0 radical (unpaired) electrons. The first-order valence-electron chi connectivity index (χ1n) is 5.61. The second-order valence-corrected chi connectivity index (χ2v) is 4.40. The van der Waals surface area contributed by atoms with E-state index in [9.17, 15) is 0 Å². The molecule has 16 heavy (non-hydrogen) atoms. The summed E-state index contributed by atoms with van der Waals surface area (Å²) in [6.07, 6.45) is 11.5. The number of nitrogens with zero attached hydrogens (tertiary/aromatic N) is 3. The summed E-state index contributed by atoms with van der Waals surface area (Å²) < 4.78 is 0. The van der Waals surface area contributed by atoms with Gasteiger partial charge in [-0.1, -0.05) is 30.9 Å². The molecule has 1 heterocycles. The van der Waals surface area contributed by atoms with E-state index in [4.69, 9.17) is 11.6 Å². The Hall–Kier alpha value is -1.16. The van der Waals surface area contributed by atoms with Crippen molar-refractivity contribution in [2.45, 2.75) is 32.1 Å². The third-order valence-corrected chi connectivity index (χ3v) is 2.90. The monoisotopic (exact) mass is 238 g/mol. The van der Waals surface area contributed by atoms with E-state index >= 15 is 0 Å². The van der Waals surface area contributed by atoms with Crippen LogP contribution in [0.15, 0.2) is 17.5 Å². The number of anilines is 1. The van der Waals surface area contributed by atoms with Gasteiger partial charge in [-0.3, -0.25) is 10.4 Å². The van der Waals surface area contributed by atoms with Crippen molar-refractivity contribution in [3.8, 4) is 0 Å². The summed E-state index contributed by atoms with van der Waals surface area (Å²) in [5.41, 5.74) is 2.84. The molecule has 1 fully saturated rings. The summed E-state index contributed by atoms with van der Waals surface area (Å²) in [5, 5.41) is 4.54. The Morgan fingerprint density at radius 1 is 1.31 bits per heavy atom. The second kappa shape index (κ2) is 5.80. The summed E-state index contributed by atoms with van der Waals surface area (Å²) in [4.78, 5) is 7.95. The number of halogens is 1. The van der Waals surface area contributed by atoms with E-state index in [1.54, 1.807) is 6.20 Å². The van der Waals surface area contributed by atoms with Crippen molar-refractivity contribution in [3.05, 3.63) is 17.5 Å². The van der Waals surface area contributed by atoms with Gasteiger partial charge in [-0.2, -0.15) is 5.10 Å². The highest BCUT2D eigenvalue weighted by molar-refractivity contribution is 6.29. The molecule has 0 saturated heterocycles. The number of hydrogen-bond donors (Lipinski definition) is 1. The van der Waals surface area contributed by atoms with Crippen LogP contribution in [0.3, 0.4) is 0 Å². The summed E-state index contributed by atoms with van der Waals surface area (Å²) in [5.74, 6) is 1.19. The molecule has 0 aliphatic heterocycles. The van der Waals surface area contributed by atoms with E-state index in [2.05, 4.69) is 20.5 Å². The zero-order chi connectivity index (χ0) is 11.2. The highest BCUT2D eigenvalue weighted by Crippen LogP contribution is 2.21. The van der Waals surface area contributed by atoms with Crippen molar-refractivity contribution in [2.75, 3.05) is 5.43 Å². The molecule has 0 unspecified atom stereocenters. The predicted octanol–water partition coefficient (Wildman–Crippen LogP) is 3.11. The molecule has 1 aromatic heterocycles. The van der Waals surface area contributed by atoms with Crippen LogP contribution in [0.4, 0.5) is 5.82 Å². The predicted molar refractivity (Wildman–Crippen MR) is 65.7 cm³/mol. The van der Waals surface area contributed by atoms with Gasteiger partial charge in [-0.05, 0) is 18.8 Å². The van der Waals surface area contributed by atoms with Crippen LogP contribution in [0.1, 0.15) is 32.1 Å². The summed E-state index contributed by atoms with van der Waals surface area (Å²) >= 11 is 5.71. The average molecular weight is 239 g/mol. The van der Waals surface area contributed by atoms with E-state index < -0.39 is 0 Å². The van der Waals surface area contributed by atoms with Crippen LogP contribution >= 0.6 is 11.6 Å². The lowest BCUT2D eigenvalue weighted by Gasteiger charge is -2.16. The van der Waals surface area contributed by atoms with Crippen molar-refractivity contribution >= 4 is 23.6 Å². The molecule has 5 heteroatoms. The van der Waals surface area contributed by atoms with E-state index in [0.29, 0.717) is 16.9 Å². The van der Waals surface area contributed by atoms with E-state index in [1.807, 2.05) is 6.21 Å². The van der Waals surface area contributed by atoms with Crippen LogP contribution < -0.4 is 5.43 Å². The van der Waals surface area contributed by atoms with Crippen molar-refractivity contribution in [1.82, 2.24) is 9.97 Å². The quantitative estimate of drug-likeness (QED) is 0.650. The van der Waals surface area contributed by atoms with Gasteiger partial charge in [0, 0.05) is 6.21 Å². The molecule has 2 rings (SSSR count). The fourth-order valence-corrected chi connectivity index (χ4v) is 2.04. The van der Waals surface area contributed by atoms with Gasteiger partial charge in [0.15, 0.2) is 5.82 Å². The summed E-state index contributed by atoms with van der Waals surface area (Å²) in [6, 6.07) is 0. The van der Waals surface area contributed by atoms with Crippen LogP contribution in [-0.2, 0) is 0 Å². The van der Waals surface area contributed by atoms with Gasteiger partial charge in [0.25, 0.3) is 0 Å². The van der Waals surface area contributed by atoms with Crippen LogP contribution in [0.2, 0.25) is 5.15 Å². The molecule has 0 aromatic carbocycles. The lowest BCUT2D eigenvalue weighted by molar-refractivity contribution is 0.445. The zero-order valence-electron chi connectivity index (χ0n) is 9.06. The van der Waals surface area contributed by atoms with Crippen LogP contribution in [0.25, 0.3) is 0 Å². The molecule has 4 nitrogen and oxygen atoms in total. The third-order valence-electron chi connectivity index (χ3n) is 2.72. The van der Waals surface area contributed by atoms with E-state index in [1.165, 1.54) is 38.3 Å². The number of rotatable bonds is 3. The fraction of sp³-hybridized carbons (Fsp3) is 0.545. The van der Waals surface area contributed by atoms with Crippen LogP contribution in [0, 0.1) is 5.92 Å². The maximum atomic E-state index is 5.71. The van der Waals surface area contributed by atoms with Gasteiger partial charge < -0.3 is 0 Å². The first kappa shape index (κ1) is 11.3. The molecule has 1 saturated carbocycles. The zero-order valence-corrected chi connectivity index (χ0v) is 9.82. The first-order chi connectivity index (χ1) is 7.84. The van der Waals surface area contributed by atoms with Gasteiger partial charge in [0.2, 0.25) is 0 Å². The van der Waals surface area contributed by atoms with Crippen molar-refractivity contribution in [1.29, 1.82) is 0 Å². The Morgan fingerprint density at radius 3 is 2.88 bits per heavy atom. The Balaban J connectivity index is 1.84. The maximum Gasteiger partial charge on any atom is 0.166 e. The average Bonchev–Trinajstić information content (AvgIpc) is 2.30. The van der Waals surface area contributed by atoms with Crippen molar-refractivity contribution in [3.63, 3.8) is 0 Å². The molecule has 0 spiro atoms. The molecule has 86 valence electrons. The smallest absolute Gasteiger partial charge is 0.166 e. The normalized spacial score (nSPS) is 17.8. The van der Waals surface area contributed by atoms with E-state index in [0.717, 1.165) is 0 Å². The van der Waals surface area contributed by atoms with Gasteiger partial charge >= 0.3 is 0 Å². The van der Waals surface area contributed by atoms with E-state index in [-0.39, 0.29) is 0 Å². The van der Waals surface area contributed by atoms with Gasteiger partial charge in [-0.15, -0.1) is 0 Å². The molecule has 0 bridgehead atoms. The first-order valence-corrected chi connectivity index (χ1v) is 5.99. The number of aromatic nitrogens is 2. The molecule has 1 aliphatic rings. The molecule has 0 atom stereocenters. The Bertz CT molecular complexity index is 361. The Labute approximate surface area is 100 Å². The lowest BCUT2D eigenvalue weighted by atomic mass is 9.90. The Kier molecular flexibility index (Phi) is 4.10. The van der Waals surface area contributed by atoms with Gasteiger partial charge in [-0.25, -0.2) is 4.98 Å². The largest absolute Gasteiger partial charge is 0.260 e. The summed E-state index contributed by atoms with van der Waals surface area (Å²) in [7, 11) is 0. The maximum absolute atomic E-state index is 5.71. The Morgan fingerprint density at radius 2 is 2.12 bits per heavy atom.